The van der Waals surface area contributed by atoms with Gasteiger partial charge in [0, 0.05) is 18.0 Å². The maximum Gasteiger partial charge on any atom is 0.129 e. The van der Waals surface area contributed by atoms with E-state index < -0.39 is 8.07 Å². The van der Waals surface area contributed by atoms with Gasteiger partial charge in [-0.05, 0) is 6.07 Å². The Morgan fingerprint density at radius 3 is 2.43 bits per heavy atom. The molecule has 2 nitrogen and oxygen atoms in total. The number of aromatic nitrogens is 1. The van der Waals surface area contributed by atoms with Gasteiger partial charge in [-0.3, -0.25) is 4.98 Å². The second-order valence-electron chi connectivity index (χ2n) is 4.07. The van der Waals surface area contributed by atoms with Crippen molar-refractivity contribution in [2.75, 3.05) is 0 Å². The molecule has 0 amide bonds. The lowest BCUT2D eigenvalue weighted by atomic mass is 10.2. The Morgan fingerprint density at radius 2 is 1.86 bits per heavy atom. The van der Waals surface area contributed by atoms with E-state index in [0.717, 1.165) is 5.56 Å². The highest BCUT2D eigenvalue weighted by Crippen LogP contribution is 2.01. The Morgan fingerprint density at radius 1 is 1.21 bits per heavy atom. The predicted molar refractivity (Wildman–Crippen MR) is 59.2 cm³/mol. The van der Waals surface area contributed by atoms with Crippen LogP contribution in [0.15, 0.2) is 18.5 Å². The van der Waals surface area contributed by atoms with Gasteiger partial charge in [0.2, 0.25) is 0 Å². The van der Waals surface area contributed by atoms with E-state index in [1.54, 1.807) is 18.5 Å². The zero-order valence-corrected chi connectivity index (χ0v) is 9.63. The highest BCUT2D eigenvalue weighted by Gasteiger charge is 2.07. The molecule has 70 valence electrons. The van der Waals surface area contributed by atoms with Gasteiger partial charge in [-0.15, -0.1) is 5.54 Å². The van der Waals surface area contributed by atoms with Crippen LogP contribution in [0, 0.1) is 22.8 Å². The van der Waals surface area contributed by atoms with Gasteiger partial charge in [-0.1, -0.05) is 25.6 Å². The number of rotatable bonds is 0. The maximum atomic E-state index is 8.66. The fraction of sp³-hybridized carbons (Fsp3) is 0.273. The third kappa shape index (κ3) is 3.43. The number of nitrogens with zero attached hydrogens (tertiary/aromatic N) is 2. The van der Waals surface area contributed by atoms with E-state index in [9.17, 15) is 0 Å². The first-order valence-electron chi connectivity index (χ1n) is 4.39. The summed E-state index contributed by atoms with van der Waals surface area (Å²) in [7, 11) is -1.34. The van der Waals surface area contributed by atoms with Crippen molar-refractivity contribution >= 4 is 8.07 Å². The lowest BCUT2D eigenvalue weighted by Crippen LogP contribution is -2.16. The van der Waals surface area contributed by atoms with Gasteiger partial charge in [-0.25, -0.2) is 0 Å². The van der Waals surface area contributed by atoms with Gasteiger partial charge >= 0.3 is 0 Å². The van der Waals surface area contributed by atoms with Crippen molar-refractivity contribution in [2.45, 2.75) is 19.6 Å². The van der Waals surface area contributed by atoms with Gasteiger partial charge in [0.05, 0.1) is 5.56 Å². The Labute approximate surface area is 85.6 Å². The van der Waals surface area contributed by atoms with Crippen LogP contribution in [0.3, 0.4) is 0 Å². The summed E-state index contributed by atoms with van der Waals surface area (Å²) >= 11 is 0. The van der Waals surface area contributed by atoms with Crippen molar-refractivity contribution in [1.29, 1.82) is 5.26 Å². The van der Waals surface area contributed by atoms with Gasteiger partial charge in [0.25, 0.3) is 0 Å². The minimum Gasteiger partial charge on any atom is -0.262 e. The molecule has 1 rings (SSSR count). The van der Waals surface area contributed by atoms with E-state index in [1.807, 2.05) is 6.07 Å². The first-order chi connectivity index (χ1) is 6.51. The van der Waals surface area contributed by atoms with Crippen LogP contribution >= 0.6 is 0 Å². The molecule has 0 spiro atoms. The number of nitriles is 1. The van der Waals surface area contributed by atoms with Crippen LogP contribution in [-0.2, 0) is 0 Å². The minimum atomic E-state index is -1.34. The zero-order valence-electron chi connectivity index (χ0n) is 8.63. The summed E-state index contributed by atoms with van der Waals surface area (Å²) in [6.07, 6.45) is 3.23. The third-order valence-electron chi connectivity index (χ3n) is 1.45. The normalized spacial score (nSPS) is 9.86. The molecule has 0 atom stereocenters. The first kappa shape index (κ1) is 10.5. The SMILES string of the molecule is C[Si](C)(C)C#Cc1cncc(C#N)c1. The molecular formula is C11H12N2Si. The van der Waals surface area contributed by atoms with Crippen molar-refractivity contribution in [2.24, 2.45) is 0 Å². The topological polar surface area (TPSA) is 36.7 Å². The molecule has 0 aliphatic carbocycles. The van der Waals surface area contributed by atoms with E-state index in [1.165, 1.54) is 0 Å². The highest BCUT2D eigenvalue weighted by atomic mass is 28.3. The Balaban J connectivity index is 2.98. The van der Waals surface area contributed by atoms with E-state index in [4.69, 9.17) is 5.26 Å². The average Bonchev–Trinajstić information content (AvgIpc) is 2.14. The smallest absolute Gasteiger partial charge is 0.129 e. The Hall–Kier alpha value is -1.58. The molecule has 0 bridgehead atoms. The molecular weight excluding hydrogens is 188 g/mol. The molecule has 0 saturated carbocycles. The molecule has 14 heavy (non-hydrogen) atoms. The van der Waals surface area contributed by atoms with Gasteiger partial charge in [0.15, 0.2) is 0 Å². The van der Waals surface area contributed by atoms with Gasteiger partial charge in [-0.2, -0.15) is 5.26 Å². The van der Waals surface area contributed by atoms with Crippen LogP contribution in [0.25, 0.3) is 0 Å². The number of hydrogen-bond donors (Lipinski definition) is 0. The van der Waals surface area contributed by atoms with Crippen molar-refractivity contribution < 1.29 is 0 Å². The molecule has 0 radical (unpaired) electrons. The van der Waals surface area contributed by atoms with E-state index in [2.05, 4.69) is 36.1 Å². The van der Waals surface area contributed by atoms with Crippen LogP contribution in [0.1, 0.15) is 11.1 Å². The Bertz CT molecular complexity index is 427. The number of pyridine rings is 1. The summed E-state index contributed by atoms with van der Waals surface area (Å²) in [4.78, 5) is 3.95. The first-order valence-corrected chi connectivity index (χ1v) is 7.89. The van der Waals surface area contributed by atoms with E-state index in [0.29, 0.717) is 5.56 Å². The summed E-state index contributed by atoms with van der Waals surface area (Å²) in [5.41, 5.74) is 4.62. The number of hydrogen-bond acceptors (Lipinski definition) is 2. The fourth-order valence-corrected chi connectivity index (χ4v) is 1.35. The molecule has 0 aliphatic heterocycles. The molecule has 0 aromatic carbocycles. The molecule has 0 fully saturated rings. The molecule has 1 aromatic rings. The summed E-state index contributed by atoms with van der Waals surface area (Å²) in [5, 5.41) is 8.66. The summed E-state index contributed by atoms with van der Waals surface area (Å²) in [5.74, 6) is 3.06. The standard InChI is InChI=1S/C11H12N2Si/c1-14(2,3)5-4-10-6-11(7-12)9-13-8-10/h6,8-9H,1-3H3. The zero-order chi connectivity index (χ0) is 10.6. The monoisotopic (exact) mass is 200 g/mol. The molecule has 0 unspecified atom stereocenters. The van der Waals surface area contributed by atoms with Crippen LogP contribution in [0.5, 0.6) is 0 Å². The largest absolute Gasteiger partial charge is 0.262 e. The summed E-state index contributed by atoms with van der Waals surface area (Å²) in [6.45, 7) is 6.55. The van der Waals surface area contributed by atoms with Gasteiger partial charge in [0.1, 0.15) is 14.1 Å². The fourth-order valence-electron chi connectivity index (χ4n) is 0.829. The van der Waals surface area contributed by atoms with E-state index >= 15 is 0 Å². The van der Waals surface area contributed by atoms with Crippen molar-refractivity contribution in [3.8, 4) is 17.5 Å². The average molecular weight is 200 g/mol. The van der Waals surface area contributed by atoms with Crippen molar-refractivity contribution in [3.05, 3.63) is 29.6 Å². The van der Waals surface area contributed by atoms with Crippen molar-refractivity contribution in [3.63, 3.8) is 0 Å². The van der Waals surface area contributed by atoms with E-state index in [-0.39, 0.29) is 0 Å². The second kappa shape index (κ2) is 4.08. The van der Waals surface area contributed by atoms with Crippen LogP contribution in [0.4, 0.5) is 0 Å². The van der Waals surface area contributed by atoms with Crippen LogP contribution in [-0.4, -0.2) is 13.1 Å². The molecule has 1 heterocycles. The Kier molecular flexibility index (Phi) is 3.06. The second-order valence-corrected chi connectivity index (χ2v) is 8.82. The minimum absolute atomic E-state index is 0.562. The molecule has 0 N–H and O–H groups in total. The van der Waals surface area contributed by atoms with Crippen LogP contribution in [0.2, 0.25) is 19.6 Å². The maximum absolute atomic E-state index is 8.66. The highest BCUT2D eigenvalue weighted by molar-refractivity contribution is 6.83. The third-order valence-corrected chi connectivity index (χ3v) is 2.32. The van der Waals surface area contributed by atoms with Crippen molar-refractivity contribution in [1.82, 2.24) is 4.98 Å². The lowest BCUT2D eigenvalue weighted by Gasteiger charge is -2.03. The molecule has 3 heteroatoms. The van der Waals surface area contributed by atoms with Crippen LogP contribution < -0.4 is 0 Å². The molecule has 0 saturated heterocycles. The van der Waals surface area contributed by atoms with Gasteiger partial charge < -0.3 is 0 Å². The quantitative estimate of drug-likeness (QED) is 0.475. The predicted octanol–water partition coefficient (Wildman–Crippen LogP) is 2.18. The lowest BCUT2D eigenvalue weighted by molar-refractivity contribution is 1.29. The molecule has 1 aromatic heterocycles. The summed E-state index contributed by atoms with van der Waals surface area (Å²) in [6, 6.07) is 3.81. The summed E-state index contributed by atoms with van der Waals surface area (Å²) < 4.78 is 0. The molecule has 0 aliphatic rings.